The number of carbonyl (C=O) groups is 2. The van der Waals surface area contributed by atoms with E-state index in [2.05, 4.69) is 5.32 Å². The molecule has 2 aromatic carbocycles. The summed E-state index contributed by atoms with van der Waals surface area (Å²) in [5.74, 6) is -1.22. The van der Waals surface area contributed by atoms with Gasteiger partial charge in [0, 0.05) is 12.1 Å². The number of carboxylic acid groups (broad SMARTS) is 1. The van der Waals surface area contributed by atoms with Crippen LogP contribution in [0, 0.1) is 5.82 Å². The maximum atomic E-state index is 13.6. The van der Waals surface area contributed by atoms with Crippen molar-refractivity contribution in [3.8, 4) is 11.5 Å². The molecule has 0 aliphatic heterocycles. The molecular weight excluding hydrogens is 341 g/mol. The van der Waals surface area contributed by atoms with Crippen molar-refractivity contribution >= 4 is 11.9 Å². The fraction of sp³-hybridized carbons (Fsp3) is 0.263. The first-order valence-corrected chi connectivity index (χ1v) is 8.14. The summed E-state index contributed by atoms with van der Waals surface area (Å²) in [6, 6.07) is 10.9. The van der Waals surface area contributed by atoms with Crippen LogP contribution in [0.5, 0.6) is 11.5 Å². The second kappa shape index (κ2) is 9.41. The molecular formula is C19H20FNO5. The molecule has 0 spiro atoms. The first kappa shape index (κ1) is 19.2. The summed E-state index contributed by atoms with van der Waals surface area (Å²) in [5.41, 5.74) is 0.866. The van der Waals surface area contributed by atoms with Crippen molar-refractivity contribution in [2.24, 2.45) is 0 Å². The minimum atomic E-state index is -1.11. The first-order chi connectivity index (χ1) is 12.5. The number of ether oxygens (including phenoxy) is 2. The highest BCUT2D eigenvalue weighted by Gasteiger charge is 2.13. The van der Waals surface area contributed by atoms with Gasteiger partial charge in [-0.1, -0.05) is 18.2 Å². The highest BCUT2D eigenvalue weighted by Crippen LogP contribution is 2.28. The van der Waals surface area contributed by atoms with Crippen LogP contribution >= 0.6 is 0 Å². The number of halogens is 1. The van der Waals surface area contributed by atoms with Crippen LogP contribution in [0.15, 0.2) is 42.5 Å². The number of carbonyl (C=O) groups excluding carboxylic acids is 1. The van der Waals surface area contributed by atoms with E-state index in [9.17, 15) is 14.0 Å². The summed E-state index contributed by atoms with van der Waals surface area (Å²) >= 11 is 0. The second-order valence-corrected chi connectivity index (χ2v) is 5.37. The lowest BCUT2D eigenvalue weighted by atomic mass is 10.1. The Morgan fingerprint density at radius 1 is 1.12 bits per heavy atom. The van der Waals surface area contributed by atoms with Gasteiger partial charge in [0.15, 0.2) is 18.1 Å². The van der Waals surface area contributed by atoms with Crippen molar-refractivity contribution in [1.29, 1.82) is 0 Å². The zero-order chi connectivity index (χ0) is 18.9. The second-order valence-electron chi connectivity index (χ2n) is 5.37. The van der Waals surface area contributed by atoms with Gasteiger partial charge in [0.05, 0.1) is 6.61 Å². The molecule has 0 unspecified atom stereocenters. The van der Waals surface area contributed by atoms with E-state index in [1.165, 1.54) is 24.3 Å². The summed E-state index contributed by atoms with van der Waals surface area (Å²) < 4.78 is 24.1. The number of rotatable bonds is 9. The van der Waals surface area contributed by atoms with Crippen molar-refractivity contribution < 1.29 is 28.6 Å². The summed E-state index contributed by atoms with van der Waals surface area (Å²) in [6.45, 7) is 1.87. The van der Waals surface area contributed by atoms with Gasteiger partial charge in [-0.15, -0.1) is 0 Å². The van der Waals surface area contributed by atoms with Gasteiger partial charge in [-0.2, -0.15) is 0 Å². The molecule has 0 saturated heterocycles. The van der Waals surface area contributed by atoms with Crippen LogP contribution in [0.3, 0.4) is 0 Å². The Morgan fingerprint density at radius 3 is 2.58 bits per heavy atom. The molecule has 0 heterocycles. The van der Waals surface area contributed by atoms with E-state index in [1.54, 1.807) is 25.1 Å². The third-order valence-electron chi connectivity index (χ3n) is 3.49. The zero-order valence-corrected chi connectivity index (χ0v) is 14.3. The average molecular weight is 361 g/mol. The number of hydrogen-bond acceptors (Lipinski definition) is 4. The Bertz CT molecular complexity index is 778. The molecule has 0 fully saturated rings. The lowest BCUT2D eigenvalue weighted by Crippen LogP contribution is -2.26. The van der Waals surface area contributed by atoms with E-state index < -0.39 is 12.6 Å². The summed E-state index contributed by atoms with van der Waals surface area (Å²) in [7, 11) is 0. The van der Waals surface area contributed by atoms with Crippen molar-refractivity contribution in [1.82, 2.24) is 5.32 Å². The highest BCUT2D eigenvalue weighted by atomic mass is 19.1. The molecule has 2 N–H and O–H groups in total. The molecule has 0 aliphatic rings. The molecule has 6 nitrogen and oxygen atoms in total. The maximum Gasteiger partial charge on any atom is 0.341 e. The van der Waals surface area contributed by atoms with Gasteiger partial charge in [0.25, 0.3) is 5.91 Å². The quantitative estimate of drug-likeness (QED) is 0.717. The Hall–Kier alpha value is -3.09. The normalized spacial score (nSPS) is 10.2. The number of aliphatic carboxylic acids is 1. The molecule has 0 atom stereocenters. The molecule has 2 rings (SSSR count). The fourth-order valence-electron chi connectivity index (χ4n) is 2.29. The first-order valence-electron chi connectivity index (χ1n) is 8.14. The van der Waals surface area contributed by atoms with Crippen molar-refractivity contribution in [3.63, 3.8) is 0 Å². The van der Waals surface area contributed by atoms with Gasteiger partial charge >= 0.3 is 5.97 Å². The Balaban J connectivity index is 2.00. The van der Waals surface area contributed by atoms with E-state index in [1.807, 2.05) is 0 Å². The predicted octanol–water partition coefficient (Wildman–Crippen LogP) is 2.66. The molecule has 0 radical (unpaired) electrons. The van der Waals surface area contributed by atoms with Crippen molar-refractivity contribution in [2.75, 3.05) is 19.8 Å². The fourth-order valence-corrected chi connectivity index (χ4v) is 2.29. The van der Waals surface area contributed by atoms with Crippen LogP contribution in [0.25, 0.3) is 0 Å². The summed E-state index contributed by atoms with van der Waals surface area (Å²) in [4.78, 5) is 22.9. The third-order valence-corrected chi connectivity index (χ3v) is 3.49. The van der Waals surface area contributed by atoms with Gasteiger partial charge in [-0.25, -0.2) is 9.18 Å². The molecule has 1 amide bonds. The van der Waals surface area contributed by atoms with Crippen LogP contribution in [0.4, 0.5) is 4.39 Å². The van der Waals surface area contributed by atoms with Gasteiger partial charge in [-0.3, -0.25) is 4.79 Å². The minimum Gasteiger partial charge on any atom is -0.490 e. The average Bonchev–Trinajstić information content (AvgIpc) is 2.62. The SMILES string of the molecule is CCOc1cc(C(=O)NCCc2ccccc2F)ccc1OCC(=O)O. The predicted molar refractivity (Wildman–Crippen MR) is 93.2 cm³/mol. The Labute approximate surface area is 150 Å². The maximum absolute atomic E-state index is 13.6. The standard InChI is InChI=1S/C19H20FNO5/c1-2-25-17-11-14(7-8-16(17)26-12-18(22)23)19(24)21-10-9-13-5-3-4-6-15(13)20/h3-8,11H,2,9-10,12H2,1H3,(H,21,24)(H,22,23). The number of benzene rings is 2. The lowest BCUT2D eigenvalue weighted by molar-refractivity contribution is -0.139. The number of nitrogens with one attached hydrogen (secondary N) is 1. The Morgan fingerprint density at radius 2 is 1.88 bits per heavy atom. The highest BCUT2D eigenvalue weighted by molar-refractivity contribution is 5.94. The summed E-state index contributed by atoms with van der Waals surface area (Å²) in [6.07, 6.45) is 0.372. The third kappa shape index (κ3) is 5.47. The Kier molecular flexibility index (Phi) is 6.96. The molecule has 0 bridgehead atoms. The molecule has 0 aliphatic carbocycles. The number of carboxylic acids is 1. The van der Waals surface area contributed by atoms with E-state index in [4.69, 9.17) is 14.6 Å². The molecule has 0 aromatic heterocycles. The van der Waals surface area contributed by atoms with Crippen LogP contribution in [0.1, 0.15) is 22.8 Å². The minimum absolute atomic E-state index is 0.247. The van der Waals surface area contributed by atoms with Crippen LogP contribution < -0.4 is 14.8 Å². The van der Waals surface area contributed by atoms with Gasteiger partial charge in [0.1, 0.15) is 5.82 Å². The van der Waals surface area contributed by atoms with Crippen molar-refractivity contribution in [3.05, 3.63) is 59.4 Å². The smallest absolute Gasteiger partial charge is 0.341 e. The van der Waals surface area contributed by atoms with Gasteiger partial charge < -0.3 is 19.9 Å². The van der Waals surface area contributed by atoms with Crippen molar-refractivity contribution in [2.45, 2.75) is 13.3 Å². The molecule has 138 valence electrons. The topological polar surface area (TPSA) is 84.9 Å². The van der Waals surface area contributed by atoms with Gasteiger partial charge in [-0.05, 0) is 43.2 Å². The monoisotopic (exact) mass is 361 g/mol. The van der Waals surface area contributed by atoms with E-state index in [-0.39, 0.29) is 29.8 Å². The molecule has 7 heteroatoms. The van der Waals surface area contributed by atoms with Gasteiger partial charge in [0.2, 0.25) is 0 Å². The van der Waals surface area contributed by atoms with Crippen LogP contribution in [-0.2, 0) is 11.2 Å². The molecule has 26 heavy (non-hydrogen) atoms. The van der Waals surface area contributed by atoms with E-state index >= 15 is 0 Å². The van der Waals surface area contributed by atoms with Crippen LogP contribution in [0.2, 0.25) is 0 Å². The van der Waals surface area contributed by atoms with E-state index in [0.29, 0.717) is 24.2 Å². The molecule has 2 aromatic rings. The van der Waals surface area contributed by atoms with Crippen LogP contribution in [-0.4, -0.2) is 36.7 Å². The largest absolute Gasteiger partial charge is 0.490 e. The van der Waals surface area contributed by atoms with E-state index in [0.717, 1.165) is 0 Å². The lowest BCUT2D eigenvalue weighted by Gasteiger charge is -2.12. The summed E-state index contributed by atoms with van der Waals surface area (Å²) in [5, 5.41) is 11.4. The zero-order valence-electron chi connectivity index (χ0n) is 14.3. The number of hydrogen-bond donors (Lipinski definition) is 2. The molecule has 0 saturated carbocycles. The number of amides is 1.